The number of aliphatic hydroxyl groups excluding tert-OH is 1. The monoisotopic (exact) mass is 375 g/mol. The maximum absolute atomic E-state index is 9.72. The summed E-state index contributed by atoms with van der Waals surface area (Å²) in [6.07, 6.45) is 6.18. The average Bonchev–Trinajstić information content (AvgIpc) is 2.68. The van der Waals surface area contributed by atoms with Gasteiger partial charge in [0, 0.05) is 51.4 Å². The van der Waals surface area contributed by atoms with Crippen molar-refractivity contribution in [2.75, 3.05) is 49.1 Å². The number of hydrogen-bond donors (Lipinski definition) is 1. The molecule has 0 aliphatic carbocycles. The number of anilines is 2. The van der Waals surface area contributed by atoms with Crippen LogP contribution in [0, 0.1) is 0 Å². The second kappa shape index (κ2) is 8.29. The Balaban J connectivity index is 1.35. The van der Waals surface area contributed by atoms with E-state index in [1.807, 2.05) is 0 Å². The van der Waals surface area contributed by atoms with Crippen molar-refractivity contribution in [2.45, 2.75) is 63.9 Å². The lowest BCUT2D eigenvalue weighted by Gasteiger charge is -2.43. The quantitative estimate of drug-likeness (QED) is 0.859. The lowest BCUT2D eigenvalue weighted by atomic mass is 10.0. The molecule has 0 saturated carbocycles. The lowest BCUT2D eigenvalue weighted by Crippen LogP contribution is -2.53. The Morgan fingerprint density at radius 3 is 1.96 bits per heavy atom. The minimum absolute atomic E-state index is 0.160. The van der Waals surface area contributed by atoms with E-state index >= 15 is 0 Å². The molecule has 3 fully saturated rings. The molecule has 1 aromatic heterocycles. The number of nitrogens with zero attached hydrogens (tertiary/aromatic N) is 5. The Morgan fingerprint density at radius 1 is 0.889 bits per heavy atom. The van der Waals surface area contributed by atoms with Gasteiger partial charge in [0.25, 0.3) is 0 Å². The normalized spacial score (nSPS) is 29.3. The Kier molecular flexibility index (Phi) is 5.80. The topological polar surface area (TPSA) is 65.0 Å². The lowest BCUT2D eigenvalue weighted by molar-refractivity contribution is -0.0826. The fourth-order valence-corrected chi connectivity index (χ4v) is 4.75. The zero-order chi connectivity index (χ0) is 18.8. The molecule has 7 nitrogen and oxygen atoms in total. The first-order valence-corrected chi connectivity index (χ1v) is 10.5. The van der Waals surface area contributed by atoms with Crippen molar-refractivity contribution in [2.24, 2.45) is 0 Å². The Labute approximate surface area is 162 Å². The summed E-state index contributed by atoms with van der Waals surface area (Å²) < 4.78 is 5.89. The molecule has 0 spiro atoms. The van der Waals surface area contributed by atoms with Gasteiger partial charge in [-0.2, -0.15) is 0 Å². The summed E-state index contributed by atoms with van der Waals surface area (Å²) in [6.45, 7) is 10.3. The van der Waals surface area contributed by atoms with Gasteiger partial charge in [0.15, 0.2) is 0 Å². The minimum atomic E-state index is -0.160. The highest BCUT2D eigenvalue weighted by atomic mass is 16.5. The summed E-state index contributed by atoms with van der Waals surface area (Å²) in [5.41, 5.74) is 0. The van der Waals surface area contributed by atoms with Crippen molar-refractivity contribution in [1.82, 2.24) is 14.9 Å². The Morgan fingerprint density at radius 2 is 1.41 bits per heavy atom. The summed E-state index contributed by atoms with van der Waals surface area (Å²) in [6, 6.07) is 2.77. The van der Waals surface area contributed by atoms with Crippen molar-refractivity contribution in [3.05, 3.63) is 12.4 Å². The highest BCUT2D eigenvalue weighted by Crippen LogP contribution is 2.26. The summed E-state index contributed by atoms with van der Waals surface area (Å²) >= 11 is 0. The van der Waals surface area contributed by atoms with Crippen LogP contribution in [0.1, 0.15) is 39.5 Å². The van der Waals surface area contributed by atoms with E-state index in [2.05, 4.69) is 44.6 Å². The molecule has 4 rings (SSSR count). The fourth-order valence-electron chi connectivity index (χ4n) is 4.75. The molecular weight excluding hydrogens is 342 g/mol. The van der Waals surface area contributed by atoms with Crippen LogP contribution in [-0.4, -0.2) is 83.6 Å². The number of ether oxygens (including phenoxy) is 1. The van der Waals surface area contributed by atoms with Gasteiger partial charge >= 0.3 is 0 Å². The van der Waals surface area contributed by atoms with Gasteiger partial charge in [0.05, 0.1) is 18.3 Å². The van der Waals surface area contributed by atoms with E-state index in [0.29, 0.717) is 18.2 Å². The van der Waals surface area contributed by atoms with E-state index in [1.165, 1.54) is 12.8 Å². The molecule has 1 aromatic rings. The standard InChI is InChI=1S/C20H33N5O2/c1-15-12-25(13-16(2)27-15)17-3-7-23(8-4-17)19-11-20(22-14-21-19)24-9-5-18(26)6-10-24/h11,14-18,26H,3-10,12-13H2,1-2H3/t15-,16+. The van der Waals surface area contributed by atoms with Crippen LogP contribution in [0.15, 0.2) is 12.4 Å². The number of morpholine rings is 1. The van der Waals surface area contributed by atoms with Gasteiger partial charge in [-0.3, -0.25) is 4.90 Å². The summed E-state index contributed by atoms with van der Waals surface area (Å²) in [4.78, 5) is 16.3. The van der Waals surface area contributed by atoms with Crippen LogP contribution < -0.4 is 9.80 Å². The molecule has 4 heterocycles. The van der Waals surface area contributed by atoms with Crippen LogP contribution in [0.25, 0.3) is 0 Å². The number of rotatable bonds is 3. The molecule has 0 bridgehead atoms. The average molecular weight is 376 g/mol. The van der Waals surface area contributed by atoms with Crippen molar-refractivity contribution in [3.63, 3.8) is 0 Å². The molecule has 0 unspecified atom stereocenters. The van der Waals surface area contributed by atoms with Crippen molar-refractivity contribution < 1.29 is 9.84 Å². The summed E-state index contributed by atoms with van der Waals surface area (Å²) in [7, 11) is 0. The van der Waals surface area contributed by atoms with Gasteiger partial charge < -0.3 is 19.6 Å². The van der Waals surface area contributed by atoms with Gasteiger partial charge in [-0.05, 0) is 39.5 Å². The zero-order valence-corrected chi connectivity index (χ0v) is 16.6. The van der Waals surface area contributed by atoms with E-state index in [1.54, 1.807) is 6.33 Å². The second-order valence-electron chi connectivity index (χ2n) is 8.38. The highest BCUT2D eigenvalue weighted by Gasteiger charge is 2.31. The fraction of sp³-hybridized carbons (Fsp3) is 0.800. The van der Waals surface area contributed by atoms with Gasteiger partial charge in [-0.15, -0.1) is 0 Å². The van der Waals surface area contributed by atoms with Crippen molar-refractivity contribution in [3.8, 4) is 0 Å². The SMILES string of the molecule is C[C@@H]1CN(C2CCN(c3cc(N4CCC(O)CC4)ncn3)CC2)C[C@H](C)O1. The first kappa shape index (κ1) is 18.9. The number of aromatic nitrogens is 2. The molecule has 1 N–H and O–H groups in total. The molecule has 27 heavy (non-hydrogen) atoms. The van der Waals surface area contributed by atoms with Gasteiger partial charge in [-0.1, -0.05) is 0 Å². The van der Waals surface area contributed by atoms with Crippen molar-refractivity contribution in [1.29, 1.82) is 0 Å². The largest absolute Gasteiger partial charge is 0.393 e. The molecule has 3 saturated heterocycles. The van der Waals surface area contributed by atoms with Crippen LogP contribution in [0.2, 0.25) is 0 Å². The van der Waals surface area contributed by atoms with Crippen LogP contribution >= 0.6 is 0 Å². The zero-order valence-electron chi connectivity index (χ0n) is 16.6. The summed E-state index contributed by atoms with van der Waals surface area (Å²) in [5, 5.41) is 9.72. The molecule has 0 aromatic carbocycles. The predicted molar refractivity (Wildman–Crippen MR) is 106 cm³/mol. The minimum Gasteiger partial charge on any atom is -0.393 e. The van der Waals surface area contributed by atoms with Crippen LogP contribution in [0.4, 0.5) is 11.6 Å². The van der Waals surface area contributed by atoms with E-state index in [9.17, 15) is 5.11 Å². The van der Waals surface area contributed by atoms with E-state index < -0.39 is 0 Å². The van der Waals surface area contributed by atoms with Crippen LogP contribution in [-0.2, 0) is 4.74 Å². The molecule has 150 valence electrons. The molecule has 0 amide bonds. The molecule has 2 atom stereocenters. The Hall–Kier alpha value is -1.44. The molecular formula is C20H33N5O2. The third-order valence-corrected chi connectivity index (χ3v) is 6.18. The van der Waals surface area contributed by atoms with E-state index in [-0.39, 0.29) is 6.10 Å². The number of aliphatic hydroxyl groups is 1. The molecule has 3 aliphatic rings. The Bertz CT molecular complexity index is 604. The number of piperidine rings is 2. The summed E-state index contributed by atoms with van der Waals surface area (Å²) in [5.74, 6) is 2.03. The van der Waals surface area contributed by atoms with E-state index in [4.69, 9.17) is 4.74 Å². The maximum atomic E-state index is 9.72. The van der Waals surface area contributed by atoms with Gasteiger partial charge in [-0.25, -0.2) is 9.97 Å². The molecule has 3 aliphatic heterocycles. The van der Waals surface area contributed by atoms with Gasteiger partial charge in [0.1, 0.15) is 18.0 Å². The molecule has 0 radical (unpaired) electrons. The van der Waals surface area contributed by atoms with Crippen LogP contribution in [0.5, 0.6) is 0 Å². The molecule has 7 heteroatoms. The smallest absolute Gasteiger partial charge is 0.134 e. The predicted octanol–water partition coefficient (Wildman–Crippen LogP) is 1.52. The first-order valence-electron chi connectivity index (χ1n) is 10.5. The highest BCUT2D eigenvalue weighted by molar-refractivity contribution is 5.50. The number of hydrogen-bond acceptors (Lipinski definition) is 7. The van der Waals surface area contributed by atoms with Crippen LogP contribution in [0.3, 0.4) is 0 Å². The van der Waals surface area contributed by atoms with Crippen molar-refractivity contribution >= 4 is 11.6 Å². The van der Waals surface area contributed by atoms with Gasteiger partial charge in [0.2, 0.25) is 0 Å². The third kappa shape index (κ3) is 4.52. The third-order valence-electron chi connectivity index (χ3n) is 6.18. The van der Waals surface area contributed by atoms with E-state index in [0.717, 1.165) is 63.7 Å². The second-order valence-corrected chi connectivity index (χ2v) is 8.38. The first-order chi connectivity index (χ1) is 13.1. The maximum Gasteiger partial charge on any atom is 0.134 e.